The first-order valence-electron chi connectivity index (χ1n) is 10.2. The summed E-state index contributed by atoms with van der Waals surface area (Å²) in [6.07, 6.45) is 4.30. The number of likely N-dealkylation sites (N-methyl/N-ethyl adjacent to an activating group) is 1. The van der Waals surface area contributed by atoms with Crippen LogP contribution in [0.15, 0.2) is 36.4 Å². The monoisotopic (exact) mass is 408 g/mol. The fraction of sp³-hybridized carbons (Fsp3) is 0.375. The highest BCUT2D eigenvalue weighted by Gasteiger charge is 2.18. The second-order valence-electron chi connectivity index (χ2n) is 7.88. The molecule has 0 aromatic heterocycles. The maximum Gasteiger partial charge on any atom is 0.338 e. The number of rotatable bonds is 6. The van der Waals surface area contributed by atoms with Crippen molar-refractivity contribution in [3.63, 3.8) is 0 Å². The molecule has 6 nitrogen and oxygen atoms in total. The first-order valence-corrected chi connectivity index (χ1v) is 10.2. The van der Waals surface area contributed by atoms with Crippen molar-refractivity contribution in [3.8, 4) is 0 Å². The Morgan fingerprint density at radius 1 is 1.00 bits per heavy atom. The number of nitrogens with zero attached hydrogens (tertiary/aromatic N) is 1. The lowest BCUT2D eigenvalue weighted by molar-refractivity contribution is -0.136. The van der Waals surface area contributed by atoms with E-state index >= 15 is 0 Å². The smallest absolute Gasteiger partial charge is 0.338 e. The van der Waals surface area contributed by atoms with Crippen molar-refractivity contribution in [2.45, 2.75) is 39.5 Å². The van der Waals surface area contributed by atoms with Gasteiger partial charge in [-0.3, -0.25) is 9.59 Å². The largest absolute Gasteiger partial charge is 0.452 e. The second kappa shape index (κ2) is 9.57. The van der Waals surface area contributed by atoms with E-state index in [-0.39, 0.29) is 12.5 Å². The van der Waals surface area contributed by atoms with E-state index in [1.54, 1.807) is 6.07 Å². The van der Waals surface area contributed by atoms with E-state index in [9.17, 15) is 14.4 Å². The predicted molar refractivity (Wildman–Crippen MR) is 116 cm³/mol. The molecule has 1 aliphatic rings. The van der Waals surface area contributed by atoms with Gasteiger partial charge in [0.05, 0.1) is 12.1 Å². The molecule has 0 spiro atoms. The van der Waals surface area contributed by atoms with Crippen LogP contribution >= 0.6 is 0 Å². The average Bonchev–Trinajstić information content (AvgIpc) is 2.73. The number of ether oxygens (including phenoxy) is 1. The molecule has 0 aliphatic heterocycles. The normalized spacial score (nSPS) is 12.6. The first-order chi connectivity index (χ1) is 14.3. The summed E-state index contributed by atoms with van der Waals surface area (Å²) in [7, 11) is 1.51. The lowest BCUT2D eigenvalue weighted by atomic mass is 9.90. The van der Waals surface area contributed by atoms with Crippen LogP contribution in [0.1, 0.15) is 45.5 Å². The fourth-order valence-electron chi connectivity index (χ4n) is 3.55. The van der Waals surface area contributed by atoms with Gasteiger partial charge in [-0.15, -0.1) is 0 Å². The number of fused-ring (bicyclic) bond motifs is 1. The number of carbonyl (C=O) groups is 3. The number of nitrogens with one attached hydrogen (secondary N) is 1. The number of benzene rings is 2. The molecular weight excluding hydrogens is 380 g/mol. The molecule has 0 bridgehead atoms. The van der Waals surface area contributed by atoms with Crippen LogP contribution in [0, 0.1) is 13.8 Å². The highest BCUT2D eigenvalue weighted by Crippen LogP contribution is 2.22. The lowest BCUT2D eigenvalue weighted by Gasteiger charge is -2.18. The molecule has 0 heterocycles. The second-order valence-corrected chi connectivity index (χ2v) is 7.88. The third kappa shape index (κ3) is 5.47. The van der Waals surface area contributed by atoms with Crippen LogP contribution in [-0.4, -0.2) is 42.9 Å². The van der Waals surface area contributed by atoms with Gasteiger partial charge >= 0.3 is 5.97 Å². The van der Waals surface area contributed by atoms with Gasteiger partial charge in [-0.05, 0) is 80.0 Å². The Morgan fingerprint density at radius 2 is 1.73 bits per heavy atom. The summed E-state index contributed by atoms with van der Waals surface area (Å²) in [6.45, 7) is 3.33. The van der Waals surface area contributed by atoms with E-state index in [1.807, 2.05) is 44.2 Å². The number of amides is 2. The molecule has 2 aromatic rings. The van der Waals surface area contributed by atoms with Crippen molar-refractivity contribution in [2.75, 3.05) is 25.5 Å². The first kappa shape index (κ1) is 21.6. The topological polar surface area (TPSA) is 75.7 Å². The molecule has 30 heavy (non-hydrogen) atoms. The molecule has 1 aliphatic carbocycles. The van der Waals surface area contributed by atoms with Gasteiger partial charge in [-0.25, -0.2) is 4.79 Å². The number of aryl methyl sites for hydroxylation is 4. The van der Waals surface area contributed by atoms with Crippen molar-refractivity contribution < 1.29 is 19.1 Å². The molecule has 0 atom stereocenters. The van der Waals surface area contributed by atoms with E-state index in [1.165, 1.54) is 29.5 Å². The van der Waals surface area contributed by atoms with Gasteiger partial charge in [0.25, 0.3) is 5.91 Å². The zero-order chi connectivity index (χ0) is 21.7. The van der Waals surface area contributed by atoms with Crippen LogP contribution in [0.3, 0.4) is 0 Å². The summed E-state index contributed by atoms with van der Waals surface area (Å²) >= 11 is 0. The maximum atomic E-state index is 12.3. The minimum atomic E-state index is -0.523. The van der Waals surface area contributed by atoms with Crippen molar-refractivity contribution in [2.24, 2.45) is 0 Å². The highest BCUT2D eigenvalue weighted by molar-refractivity contribution is 5.96. The summed E-state index contributed by atoms with van der Waals surface area (Å²) in [6, 6.07) is 11.4. The van der Waals surface area contributed by atoms with Crippen LogP contribution in [-0.2, 0) is 27.2 Å². The Labute approximate surface area is 177 Å². The minimum Gasteiger partial charge on any atom is -0.452 e. The Kier molecular flexibility index (Phi) is 6.87. The van der Waals surface area contributed by atoms with Gasteiger partial charge in [-0.2, -0.15) is 0 Å². The summed E-state index contributed by atoms with van der Waals surface area (Å²) in [5.74, 6) is -1.26. The SMILES string of the molecule is Cc1ccc(C)c(NC(=O)CN(C)C(=O)COC(=O)c2ccc3c(c2)CCCC3)c1. The molecule has 0 saturated heterocycles. The van der Waals surface area contributed by atoms with Crippen molar-refractivity contribution in [3.05, 3.63) is 64.2 Å². The van der Waals surface area contributed by atoms with Gasteiger partial charge < -0.3 is 15.0 Å². The van der Waals surface area contributed by atoms with E-state index in [0.29, 0.717) is 5.56 Å². The zero-order valence-corrected chi connectivity index (χ0v) is 17.8. The molecular formula is C24H28N2O4. The molecule has 3 rings (SSSR count). The van der Waals surface area contributed by atoms with Crippen molar-refractivity contribution in [1.29, 1.82) is 0 Å². The predicted octanol–water partition coefficient (Wildman–Crippen LogP) is 3.44. The van der Waals surface area contributed by atoms with Gasteiger partial charge in [0, 0.05) is 12.7 Å². The Morgan fingerprint density at radius 3 is 2.50 bits per heavy atom. The van der Waals surface area contributed by atoms with E-state index in [4.69, 9.17) is 4.74 Å². The van der Waals surface area contributed by atoms with Crippen LogP contribution in [0.2, 0.25) is 0 Å². The van der Waals surface area contributed by atoms with Crippen LogP contribution < -0.4 is 5.32 Å². The van der Waals surface area contributed by atoms with E-state index < -0.39 is 18.5 Å². The standard InChI is InChI=1S/C24H28N2O4/c1-16-8-9-17(2)21(12-16)25-22(27)14-26(3)23(28)15-30-24(29)20-11-10-18-6-4-5-7-19(18)13-20/h8-13H,4-7,14-15H2,1-3H3,(H,25,27). The summed E-state index contributed by atoms with van der Waals surface area (Å²) in [5, 5.41) is 2.82. The van der Waals surface area contributed by atoms with Gasteiger partial charge in [0.15, 0.2) is 6.61 Å². The quantitative estimate of drug-likeness (QED) is 0.743. The van der Waals surface area contributed by atoms with Crippen LogP contribution in [0.4, 0.5) is 5.69 Å². The molecule has 6 heteroatoms. The van der Waals surface area contributed by atoms with Crippen LogP contribution in [0.25, 0.3) is 0 Å². The Hall–Kier alpha value is -3.15. The van der Waals surface area contributed by atoms with Gasteiger partial charge in [0.2, 0.25) is 5.91 Å². The van der Waals surface area contributed by atoms with E-state index in [2.05, 4.69) is 5.32 Å². The molecule has 0 saturated carbocycles. The fourth-order valence-corrected chi connectivity index (χ4v) is 3.55. The molecule has 2 amide bonds. The third-order valence-corrected chi connectivity index (χ3v) is 5.38. The van der Waals surface area contributed by atoms with Gasteiger partial charge in [-0.1, -0.05) is 18.2 Å². The third-order valence-electron chi connectivity index (χ3n) is 5.38. The number of carbonyl (C=O) groups excluding carboxylic acids is 3. The summed E-state index contributed by atoms with van der Waals surface area (Å²) in [4.78, 5) is 38.1. The molecule has 2 aromatic carbocycles. The van der Waals surface area contributed by atoms with Crippen molar-refractivity contribution >= 4 is 23.5 Å². The van der Waals surface area contributed by atoms with Crippen molar-refractivity contribution in [1.82, 2.24) is 4.90 Å². The number of esters is 1. The molecule has 1 N–H and O–H groups in total. The highest BCUT2D eigenvalue weighted by atomic mass is 16.5. The number of hydrogen-bond acceptors (Lipinski definition) is 4. The van der Waals surface area contributed by atoms with E-state index in [0.717, 1.165) is 36.1 Å². The average molecular weight is 408 g/mol. The Balaban J connectivity index is 1.49. The summed E-state index contributed by atoms with van der Waals surface area (Å²) in [5.41, 5.74) is 5.63. The lowest BCUT2D eigenvalue weighted by Crippen LogP contribution is -2.37. The summed E-state index contributed by atoms with van der Waals surface area (Å²) < 4.78 is 5.17. The molecule has 0 radical (unpaired) electrons. The van der Waals surface area contributed by atoms with Gasteiger partial charge in [0.1, 0.15) is 0 Å². The minimum absolute atomic E-state index is 0.122. The number of hydrogen-bond donors (Lipinski definition) is 1. The molecule has 0 unspecified atom stereocenters. The molecule has 158 valence electrons. The maximum absolute atomic E-state index is 12.3. The number of anilines is 1. The van der Waals surface area contributed by atoms with Crippen LogP contribution in [0.5, 0.6) is 0 Å². The Bertz CT molecular complexity index is 968. The molecule has 0 fully saturated rings. The zero-order valence-electron chi connectivity index (χ0n) is 17.8.